The number of allylic oxidation sites excluding steroid dienone is 1. The Morgan fingerprint density at radius 2 is 2.06 bits per heavy atom. The number of imidazole rings is 1. The number of benzene rings is 1. The van der Waals surface area contributed by atoms with Crippen LogP contribution in [0.4, 0.5) is 0 Å². The van der Waals surface area contributed by atoms with E-state index < -0.39 is 23.6 Å². The highest BCUT2D eigenvalue weighted by Gasteiger charge is 2.20. The quantitative estimate of drug-likeness (QED) is 0.197. The standard InChI is InChI=1S/C23H21N5O4S2/c1-11-12(2)34-22-19(11)21(30)27-18(28-22)10-33-13(3)23(31)32-9-17(29)14(8-24)20-25-15-6-4-5-7-16(15)26-20/h4-7,13,29H,9-10H2,1-3H3,(H,25,26)(H,27,28,30)/t13-/m1/s1. The first kappa shape index (κ1) is 23.5. The van der Waals surface area contributed by atoms with Crippen LogP contribution in [0.25, 0.3) is 26.8 Å². The monoisotopic (exact) mass is 495 g/mol. The number of ether oxygens (including phenoxy) is 1. The van der Waals surface area contributed by atoms with Gasteiger partial charge in [0.2, 0.25) is 0 Å². The molecule has 0 fully saturated rings. The highest BCUT2D eigenvalue weighted by molar-refractivity contribution is 7.99. The number of hydrogen-bond acceptors (Lipinski definition) is 9. The lowest BCUT2D eigenvalue weighted by atomic mass is 10.2. The molecular weight excluding hydrogens is 474 g/mol. The molecule has 4 aromatic rings. The first-order valence-electron chi connectivity index (χ1n) is 10.3. The molecule has 0 radical (unpaired) electrons. The number of thioether (sulfide) groups is 1. The molecule has 3 N–H and O–H groups in total. The first-order valence-corrected chi connectivity index (χ1v) is 12.2. The molecule has 0 spiro atoms. The molecule has 34 heavy (non-hydrogen) atoms. The van der Waals surface area contributed by atoms with E-state index in [2.05, 4.69) is 19.9 Å². The normalized spacial score (nSPS) is 13.0. The van der Waals surface area contributed by atoms with Gasteiger partial charge in [-0.15, -0.1) is 23.1 Å². The van der Waals surface area contributed by atoms with E-state index >= 15 is 0 Å². The SMILES string of the molecule is Cc1sc2nc(CS[C@H](C)C(=O)OCC(O)=C(C#N)c3nc4ccccc4[nH]3)[nH]c(=O)c2c1C. The van der Waals surface area contributed by atoms with Crippen molar-refractivity contribution < 1.29 is 14.6 Å². The van der Waals surface area contributed by atoms with Crippen LogP contribution in [0.15, 0.2) is 34.8 Å². The molecule has 4 rings (SSSR count). The molecule has 0 aliphatic heterocycles. The van der Waals surface area contributed by atoms with Crippen LogP contribution < -0.4 is 5.56 Å². The van der Waals surface area contributed by atoms with Gasteiger partial charge in [-0.05, 0) is 38.5 Å². The van der Waals surface area contributed by atoms with Gasteiger partial charge in [0.25, 0.3) is 5.56 Å². The zero-order valence-corrected chi connectivity index (χ0v) is 20.3. The van der Waals surface area contributed by atoms with Crippen molar-refractivity contribution in [2.45, 2.75) is 31.8 Å². The number of aliphatic hydroxyl groups is 1. The van der Waals surface area contributed by atoms with Crippen molar-refractivity contribution in [2.24, 2.45) is 0 Å². The number of fused-ring (bicyclic) bond motifs is 2. The van der Waals surface area contributed by atoms with Gasteiger partial charge in [-0.2, -0.15) is 5.26 Å². The summed E-state index contributed by atoms with van der Waals surface area (Å²) in [6, 6.07) is 9.12. The zero-order valence-electron chi connectivity index (χ0n) is 18.6. The van der Waals surface area contributed by atoms with Crippen molar-refractivity contribution in [3.8, 4) is 6.07 Å². The summed E-state index contributed by atoms with van der Waals surface area (Å²) in [6.07, 6.45) is 0. The number of nitrogens with one attached hydrogen (secondary N) is 2. The molecule has 0 saturated carbocycles. The van der Waals surface area contributed by atoms with Crippen LogP contribution >= 0.6 is 23.1 Å². The molecule has 1 aromatic carbocycles. The number of carbonyl (C=O) groups excluding carboxylic acids is 1. The van der Waals surface area contributed by atoms with Gasteiger partial charge < -0.3 is 19.8 Å². The Morgan fingerprint density at radius 3 is 2.79 bits per heavy atom. The maximum Gasteiger partial charge on any atom is 0.319 e. The lowest BCUT2D eigenvalue weighted by molar-refractivity contribution is -0.142. The predicted molar refractivity (Wildman–Crippen MR) is 133 cm³/mol. The molecule has 9 nitrogen and oxygen atoms in total. The number of thiophene rings is 1. The van der Waals surface area contributed by atoms with Crippen LogP contribution in [0.1, 0.15) is 29.0 Å². The summed E-state index contributed by atoms with van der Waals surface area (Å²) < 4.78 is 5.19. The minimum atomic E-state index is -0.586. The van der Waals surface area contributed by atoms with E-state index in [-0.39, 0.29) is 17.0 Å². The minimum Gasteiger partial charge on any atom is -0.507 e. The number of aromatic nitrogens is 4. The largest absolute Gasteiger partial charge is 0.507 e. The van der Waals surface area contributed by atoms with E-state index in [0.29, 0.717) is 27.3 Å². The van der Waals surface area contributed by atoms with Crippen molar-refractivity contribution in [1.82, 2.24) is 19.9 Å². The van der Waals surface area contributed by atoms with Crippen LogP contribution in [-0.4, -0.2) is 42.9 Å². The molecule has 0 bridgehead atoms. The van der Waals surface area contributed by atoms with E-state index in [1.807, 2.05) is 32.0 Å². The van der Waals surface area contributed by atoms with Gasteiger partial charge in [-0.3, -0.25) is 9.59 Å². The third-order valence-corrected chi connectivity index (χ3v) is 7.50. The zero-order chi connectivity index (χ0) is 24.4. The highest BCUT2D eigenvalue weighted by atomic mass is 32.2. The second-order valence-electron chi connectivity index (χ2n) is 7.57. The third kappa shape index (κ3) is 4.69. The number of aromatic amines is 2. The van der Waals surface area contributed by atoms with E-state index in [0.717, 1.165) is 16.0 Å². The van der Waals surface area contributed by atoms with Crippen molar-refractivity contribution in [2.75, 3.05) is 6.61 Å². The van der Waals surface area contributed by atoms with Crippen LogP contribution in [0.3, 0.4) is 0 Å². The van der Waals surface area contributed by atoms with Crippen molar-refractivity contribution in [1.29, 1.82) is 5.26 Å². The molecule has 174 valence electrons. The number of nitrogens with zero attached hydrogens (tertiary/aromatic N) is 3. The number of aryl methyl sites for hydroxylation is 2. The van der Waals surface area contributed by atoms with Crippen LogP contribution in [0.5, 0.6) is 0 Å². The average molecular weight is 496 g/mol. The Kier molecular flexibility index (Phi) is 6.72. The number of aliphatic hydroxyl groups excluding tert-OH is 1. The maximum atomic E-state index is 12.4. The fourth-order valence-corrected chi connectivity index (χ4v) is 5.09. The number of hydrogen-bond donors (Lipinski definition) is 3. The molecule has 0 aliphatic rings. The van der Waals surface area contributed by atoms with E-state index in [4.69, 9.17) is 4.74 Å². The predicted octanol–water partition coefficient (Wildman–Crippen LogP) is 4.14. The van der Waals surface area contributed by atoms with Gasteiger partial charge in [-0.25, -0.2) is 9.97 Å². The summed E-state index contributed by atoms with van der Waals surface area (Å²) in [5.74, 6) is 0.0189. The topological polar surface area (TPSA) is 145 Å². The molecule has 0 amide bonds. The van der Waals surface area contributed by atoms with Gasteiger partial charge in [0, 0.05) is 4.88 Å². The number of H-pyrrole nitrogens is 2. The summed E-state index contributed by atoms with van der Waals surface area (Å²) in [5.41, 5.74) is 2.01. The number of carbonyl (C=O) groups is 1. The number of para-hydroxylation sites is 2. The summed E-state index contributed by atoms with van der Waals surface area (Å²) in [5, 5.41) is 19.8. The highest BCUT2D eigenvalue weighted by Crippen LogP contribution is 2.27. The molecule has 1 atom stereocenters. The molecule has 0 aliphatic carbocycles. The Balaban J connectivity index is 1.39. The van der Waals surface area contributed by atoms with Crippen LogP contribution in [0.2, 0.25) is 0 Å². The fraction of sp³-hybridized carbons (Fsp3) is 0.261. The van der Waals surface area contributed by atoms with E-state index in [1.54, 1.807) is 19.1 Å². The van der Waals surface area contributed by atoms with Gasteiger partial charge in [0.05, 0.1) is 22.2 Å². The van der Waals surface area contributed by atoms with Crippen LogP contribution in [-0.2, 0) is 15.3 Å². The fourth-order valence-electron chi connectivity index (χ4n) is 3.29. The Labute approximate surface area is 202 Å². The Hall–Kier alpha value is -3.62. The molecule has 0 unspecified atom stereocenters. The van der Waals surface area contributed by atoms with Gasteiger partial charge in [0.15, 0.2) is 11.6 Å². The van der Waals surface area contributed by atoms with Crippen molar-refractivity contribution >= 4 is 55.9 Å². The lowest BCUT2D eigenvalue weighted by Gasteiger charge is -2.11. The molecule has 3 heterocycles. The Morgan fingerprint density at radius 1 is 1.29 bits per heavy atom. The van der Waals surface area contributed by atoms with Gasteiger partial charge in [0.1, 0.15) is 34.2 Å². The summed E-state index contributed by atoms with van der Waals surface area (Å²) in [7, 11) is 0. The molecule has 3 aromatic heterocycles. The number of esters is 1. The van der Waals surface area contributed by atoms with E-state index in [9.17, 15) is 20.0 Å². The lowest BCUT2D eigenvalue weighted by Crippen LogP contribution is -2.19. The second-order valence-corrected chi connectivity index (χ2v) is 10.1. The van der Waals surface area contributed by atoms with Crippen LogP contribution in [0, 0.1) is 25.2 Å². The summed E-state index contributed by atoms with van der Waals surface area (Å²) in [4.78, 5) is 41.1. The summed E-state index contributed by atoms with van der Waals surface area (Å²) >= 11 is 2.71. The Bertz CT molecular complexity index is 1490. The summed E-state index contributed by atoms with van der Waals surface area (Å²) in [6.45, 7) is 5.05. The van der Waals surface area contributed by atoms with Crippen molar-refractivity contribution in [3.63, 3.8) is 0 Å². The maximum absolute atomic E-state index is 12.4. The first-order chi connectivity index (χ1) is 16.3. The second kappa shape index (κ2) is 9.70. The van der Waals surface area contributed by atoms with Crippen molar-refractivity contribution in [3.05, 3.63) is 62.5 Å². The smallest absolute Gasteiger partial charge is 0.319 e. The van der Waals surface area contributed by atoms with Gasteiger partial charge in [-0.1, -0.05) is 12.1 Å². The number of nitriles is 1. The van der Waals surface area contributed by atoms with E-state index in [1.165, 1.54) is 23.1 Å². The molecular formula is C23H21N5O4S2. The molecule has 0 saturated heterocycles. The minimum absolute atomic E-state index is 0.0964. The average Bonchev–Trinajstić information content (AvgIpc) is 3.36. The number of rotatable bonds is 7. The van der Waals surface area contributed by atoms with Gasteiger partial charge >= 0.3 is 5.97 Å². The third-order valence-electron chi connectivity index (χ3n) is 5.27. The molecule has 11 heteroatoms.